The minimum atomic E-state index is -0.260. The molecule has 6 heteroatoms. The maximum atomic E-state index is 11.7. The van der Waals surface area contributed by atoms with Crippen molar-refractivity contribution < 1.29 is 4.74 Å². The van der Waals surface area contributed by atoms with Gasteiger partial charge in [0, 0.05) is 20.1 Å². The molecule has 1 aliphatic heterocycles. The lowest BCUT2D eigenvalue weighted by atomic mass is 10.2. The first-order chi connectivity index (χ1) is 8.13. The van der Waals surface area contributed by atoms with Gasteiger partial charge in [-0.2, -0.15) is 5.10 Å². The minimum Gasteiger partial charge on any atom is -0.375 e. The number of aromatic nitrogens is 2. The van der Waals surface area contributed by atoms with Gasteiger partial charge in [-0.1, -0.05) is 18.5 Å². The molecular weight excluding hydrogens is 242 g/mol. The highest BCUT2D eigenvalue weighted by Crippen LogP contribution is 2.23. The van der Waals surface area contributed by atoms with Gasteiger partial charge in [-0.05, 0) is 6.42 Å². The number of ether oxygens (including phenoxy) is 1. The van der Waals surface area contributed by atoms with Crippen LogP contribution in [0.1, 0.15) is 13.3 Å². The molecule has 0 aromatic carbocycles. The second kappa shape index (κ2) is 5.06. The molecule has 0 bridgehead atoms. The van der Waals surface area contributed by atoms with E-state index in [4.69, 9.17) is 16.3 Å². The Morgan fingerprint density at radius 3 is 3.12 bits per heavy atom. The predicted molar refractivity (Wildman–Crippen MR) is 66.7 cm³/mol. The summed E-state index contributed by atoms with van der Waals surface area (Å²) in [6, 6.07) is 0. The standard InChI is InChI=1S/C11H16ClN3O2/c1-3-8-7-15(4-5-17-8)9-6-13-14(2)11(16)10(9)12/h6,8H,3-5,7H2,1-2H3. The van der Waals surface area contributed by atoms with Gasteiger partial charge in [0.2, 0.25) is 0 Å². The maximum Gasteiger partial charge on any atom is 0.287 e. The van der Waals surface area contributed by atoms with Gasteiger partial charge in [-0.3, -0.25) is 4.79 Å². The van der Waals surface area contributed by atoms with Crippen LogP contribution in [0.25, 0.3) is 0 Å². The Morgan fingerprint density at radius 1 is 1.65 bits per heavy atom. The first kappa shape index (κ1) is 12.4. The number of anilines is 1. The summed E-state index contributed by atoms with van der Waals surface area (Å²) in [5.41, 5.74) is 0.445. The molecule has 1 saturated heterocycles. The highest BCUT2D eigenvalue weighted by Gasteiger charge is 2.22. The van der Waals surface area contributed by atoms with Crippen molar-refractivity contribution in [1.29, 1.82) is 0 Å². The van der Waals surface area contributed by atoms with E-state index < -0.39 is 0 Å². The second-order valence-electron chi connectivity index (χ2n) is 4.12. The fourth-order valence-electron chi connectivity index (χ4n) is 1.91. The summed E-state index contributed by atoms with van der Waals surface area (Å²) < 4.78 is 6.82. The van der Waals surface area contributed by atoms with Gasteiger partial charge in [0.1, 0.15) is 5.02 Å². The average molecular weight is 258 g/mol. The van der Waals surface area contributed by atoms with Crippen LogP contribution in [0.4, 0.5) is 5.69 Å². The van der Waals surface area contributed by atoms with Crippen LogP contribution in [0.3, 0.4) is 0 Å². The summed E-state index contributed by atoms with van der Waals surface area (Å²) in [5, 5.41) is 4.24. The topological polar surface area (TPSA) is 47.4 Å². The van der Waals surface area contributed by atoms with E-state index in [2.05, 4.69) is 16.9 Å². The fourth-order valence-corrected chi connectivity index (χ4v) is 2.20. The fraction of sp³-hybridized carbons (Fsp3) is 0.636. The van der Waals surface area contributed by atoms with Crippen LogP contribution in [-0.2, 0) is 11.8 Å². The molecule has 0 saturated carbocycles. The molecule has 0 radical (unpaired) electrons. The zero-order chi connectivity index (χ0) is 12.4. The highest BCUT2D eigenvalue weighted by molar-refractivity contribution is 6.33. The van der Waals surface area contributed by atoms with Gasteiger partial charge in [-0.15, -0.1) is 0 Å². The van der Waals surface area contributed by atoms with Crippen molar-refractivity contribution in [1.82, 2.24) is 9.78 Å². The van der Waals surface area contributed by atoms with Crippen molar-refractivity contribution in [3.05, 3.63) is 21.6 Å². The molecule has 1 unspecified atom stereocenters. The maximum absolute atomic E-state index is 11.7. The number of nitrogens with zero attached hydrogens (tertiary/aromatic N) is 3. The van der Waals surface area contributed by atoms with Gasteiger partial charge in [0.15, 0.2) is 0 Å². The largest absolute Gasteiger partial charge is 0.375 e. The Bertz CT molecular complexity index is 461. The van der Waals surface area contributed by atoms with E-state index in [0.29, 0.717) is 12.3 Å². The van der Waals surface area contributed by atoms with Crippen molar-refractivity contribution >= 4 is 17.3 Å². The van der Waals surface area contributed by atoms with Gasteiger partial charge >= 0.3 is 0 Å². The van der Waals surface area contributed by atoms with Gasteiger partial charge in [-0.25, -0.2) is 4.68 Å². The molecule has 0 spiro atoms. The van der Waals surface area contributed by atoms with E-state index in [1.807, 2.05) is 0 Å². The van der Waals surface area contributed by atoms with Gasteiger partial charge in [0.25, 0.3) is 5.56 Å². The quantitative estimate of drug-likeness (QED) is 0.795. The zero-order valence-electron chi connectivity index (χ0n) is 10.0. The number of morpholine rings is 1. The summed E-state index contributed by atoms with van der Waals surface area (Å²) in [6.45, 7) is 4.23. The summed E-state index contributed by atoms with van der Waals surface area (Å²) in [4.78, 5) is 13.8. The monoisotopic (exact) mass is 257 g/mol. The summed E-state index contributed by atoms with van der Waals surface area (Å²) in [6.07, 6.45) is 2.79. The molecule has 1 fully saturated rings. The van der Waals surface area contributed by atoms with Gasteiger partial charge < -0.3 is 9.64 Å². The van der Waals surface area contributed by atoms with Crippen LogP contribution < -0.4 is 10.5 Å². The average Bonchev–Trinajstić information content (AvgIpc) is 2.36. The van der Waals surface area contributed by atoms with Gasteiger partial charge in [0.05, 0.1) is 24.6 Å². The number of halogens is 1. The molecule has 1 atom stereocenters. The molecule has 2 heterocycles. The first-order valence-corrected chi connectivity index (χ1v) is 6.09. The van der Waals surface area contributed by atoms with E-state index >= 15 is 0 Å². The van der Waals surface area contributed by atoms with Crippen LogP contribution in [0.15, 0.2) is 11.0 Å². The van der Waals surface area contributed by atoms with Crippen LogP contribution in [0.2, 0.25) is 5.02 Å². The third-order valence-corrected chi connectivity index (χ3v) is 3.35. The van der Waals surface area contributed by atoms with Crippen molar-refractivity contribution in [2.24, 2.45) is 7.05 Å². The second-order valence-corrected chi connectivity index (χ2v) is 4.50. The summed E-state index contributed by atoms with van der Waals surface area (Å²) >= 11 is 6.07. The summed E-state index contributed by atoms with van der Waals surface area (Å²) in [7, 11) is 1.59. The molecule has 1 aromatic heterocycles. The smallest absolute Gasteiger partial charge is 0.287 e. The molecule has 5 nitrogen and oxygen atoms in total. The SMILES string of the molecule is CCC1CN(c2cnn(C)c(=O)c2Cl)CCO1. The number of hydrogen-bond donors (Lipinski definition) is 0. The molecule has 17 heavy (non-hydrogen) atoms. The van der Waals surface area contributed by atoms with Crippen molar-refractivity contribution in [3.63, 3.8) is 0 Å². The lowest BCUT2D eigenvalue weighted by molar-refractivity contribution is 0.0384. The zero-order valence-corrected chi connectivity index (χ0v) is 10.8. The third kappa shape index (κ3) is 2.45. The van der Waals surface area contributed by atoms with E-state index in [9.17, 15) is 4.79 Å². The molecule has 1 aliphatic rings. The number of aryl methyl sites for hydroxylation is 1. The van der Waals surface area contributed by atoms with Crippen LogP contribution in [0.5, 0.6) is 0 Å². The Morgan fingerprint density at radius 2 is 2.41 bits per heavy atom. The van der Waals surface area contributed by atoms with Crippen molar-refractivity contribution in [2.45, 2.75) is 19.4 Å². The molecule has 94 valence electrons. The lowest BCUT2D eigenvalue weighted by Crippen LogP contribution is -2.43. The van der Waals surface area contributed by atoms with Crippen molar-refractivity contribution in [2.75, 3.05) is 24.6 Å². The molecule has 0 aliphatic carbocycles. The highest BCUT2D eigenvalue weighted by atomic mass is 35.5. The minimum absolute atomic E-state index is 0.198. The van der Waals surface area contributed by atoms with Crippen LogP contribution in [-0.4, -0.2) is 35.6 Å². The van der Waals surface area contributed by atoms with E-state index in [0.717, 1.165) is 19.5 Å². The van der Waals surface area contributed by atoms with Crippen molar-refractivity contribution in [3.8, 4) is 0 Å². The Labute approximate surface area is 105 Å². The van der Waals surface area contributed by atoms with Crippen LogP contribution >= 0.6 is 11.6 Å². The molecular formula is C11H16ClN3O2. The number of rotatable bonds is 2. The lowest BCUT2D eigenvalue weighted by Gasteiger charge is -2.34. The molecule has 2 rings (SSSR count). The van der Waals surface area contributed by atoms with Crippen LogP contribution in [0, 0.1) is 0 Å². The summed E-state index contributed by atoms with van der Waals surface area (Å²) in [5.74, 6) is 0. The van der Waals surface area contributed by atoms with E-state index in [1.54, 1.807) is 13.2 Å². The Hall–Kier alpha value is -1.07. The Kier molecular flexibility index (Phi) is 3.69. The predicted octanol–water partition coefficient (Wildman–Crippen LogP) is 1.05. The molecule has 0 N–H and O–H groups in total. The first-order valence-electron chi connectivity index (χ1n) is 5.71. The van der Waals surface area contributed by atoms with E-state index in [1.165, 1.54) is 4.68 Å². The Balaban J connectivity index is 2.28. The number of hydrogen-bond acceptors (Lipinski definition) is 4. The third-order valence-electron chi connectivity index (χ3n) is 2.99. The molecule has 1 aromatic rings. The van der Waals surface area contributed by atoms with E-state index in [-0.39, 0.29) is 16.7 Å². The molecule has 0 amide bonds. The normalized spacial score (nSPS) is 20.6.